The van der Waals surface area contributed by atoms with E-state index in [9.17, 15) is 8.78 Å². The zero-order valence-electron chi connectivity index (χ0n) is 5.69. The van der Waals surface area contributed by atoms with Gasteiger partial charge in [-0.15, -0.1) is 0 Å². The molecule has 0 aliphatic rings. The molecular weight excluding hydrogens is 298 g/mol. The highest BCUT2D eigenvalue weighted by Gasteiger charge is 2.16. The molecule has 0 unspecified atom stereocenters. The van der Waals surface area contributed by atoms with Gasteiger partial charge in [0.25, 0.3) is 6.43 Å². The van der Waals surface area contributed by atoms with Gasteiger partial charge in [0.2, 0.25) is 0 Å². The molecule has 1 rings (SSSR count). The van der Waals surface area contributed by atoms with Crippen molar-refractivity contribution in [2.75, 3.05) is 5.73 Å². The van der Waals surface area contributed by atoms with Crippen LogP contribution in [0.1, 0.15) is 12.1 Å². The minimum absolute atomic E-state index is 0.153. The van der Waals surface area contributed by atoms with Crippen LogP contribution in [0.15, 0.2) is 15.1 Å². The quantitative estimate of drug-likeness (QED) is 0.810. The SMILES string of the molecule is Nc1cc(Br)nc(C(F)F)c1Br. The molecule has 1 heterocycles. The number of hydrogen-bond acceptors (Lipinski definition) is 2. The van der Waals surface area contributed by atoms with Crippen LogP contribution in [0.2, 0.25) is 0 Å². The third-order valence-electron chi connectivity index (χ3n) is 1.19. The number of hydrogen-bond donors (Lipinski definition) is 1. The third-order valence-corrected chi connectivity index (χ3v) is 2.46. The van der Waals surface area contributed by atoms with Gasteiger partial charge in [-0.05, 0) is 37.9 Å². The van der Waals surface area contributed by atoms with Crippen LogP contribution in [0.4, 0.5) is 14.5 Å². The fourth-order valence-electron chi connectivity index (χ4n) is 0.681. The Morgan fingerprint density at radius 1 is 1.42 bits per heavy atom. The second kappa shape index (κ2) is 3.66. The highest BCUT2D eigenvalue weighted by Crippen LogP contribution is 2.31. The maximum absolute atomic E-state index is 12.2. The average Bonchev–Trinajstić information content (AvgIpc) is 1.96. The van der Waals surface area contributed by atoms with E-state index >= 15 is 0 Å². The summed E-state index contributed by atoms with van der Waals surface area (Å²) in [5.41, 5.74) is 5.31. The molecule has 0 saturated carbocycles. The van der Waals surface area contributed by atoms with Crippen molar-refractivity contribution in [1.29, 1.82) is 0 Å². The third kappa shape index (κ3) is 1.92. The topological polar surface area (TPSA) is 38.9 Å². The number of aromatic nitrogens is 1. The van der Waals surface area contributed by atoms with Crippen molar-refractivity contribution < 1.29 is 8.78 Å². The Morgan fingerprint density at radius 2 is 2.00 bits per heavy atom. The van der Waals surface area contributed by atoms with Crippen molar-refractivity contribution in [2.24, 2.45) is 0 Å². The van der Waals surface area contributed by atoms with E-state index in [2.05, 4.69) is 36.8 Å². The highest BCUT2D eigenvalue weighted by atomic mass is 79.9. The molecule has 0 saturated heterocycles. The number of nitrogen functional groups attached to an aromatic ring is 1. The lowest BCUT2D eigenvalue weighted by Gasteiger charge is -2.05. The summed E-state index contributed by atoms with van der Waals surface area (Å²) in [6.07, 6.45) is -2.63. The second-order valence-corrected chi connectivity index (χ2v) is 3.64. The van der Waals surface area contributed by atoms with Crippen LogP contribution in [0, 0.1) is 0 Å². The molecule has 0 bridgehead atoms. The molecule has 0 fully saturated rings. The van der Waals surface area contributed by atoms with Gasteiger partial charge in [-0.1, -0.05) is 0 Å². The van der Waals surface area contributed by atoms with Crippen molar-refractivity contribution in [2.45, 2.75) is 6.43 Å². The molecule has 0 aliphatic carbocycles. The number of rotatable bonds is 1. The van der Waals surface area contributed by atoms with E-state index in [1.54, 1.807) is 0 Å². The molecule has 0 amide bonds. The summed E-state index contributed by atoms with van der Waals surface area (Å²) in [5.74, 6) is 0. The van der Waals surface area contributed by atoms with E-state index < -0.39 is 6.43 Å². The fraction of sp³-hybridized carbons (Fsp3) is 0.167. The molecule has 0 spiro atoms. The Morgan fingerprint density at radius 3 is 2.50 bits per heavy atom. The molecule has 2 N–H and O–H groups in total. The van der Waals surface area contributed by atoms with E-state index in [-0.39, 0.29) is 15.9 Å². The molecule has 1 aromatic rings. The summed E-state index contributed by atoms with van der Waals surface area (Å²) in [6, 6.07) is 1.45. The zero-order valence-corrected chi connectivity index (χ0v) is 8.86. The van der Waals surface area contributed by atoms with Crippen molar-refractivity contribution in [3.05, 3.63) is 20.8 Å². The number of anilines is 1. The predicted molar refractivity (Wildman–Crippen MR) is 49.0 cm³/mol. The lowest BCUT2D eigenvalue weighted by Crippen LogP contribution is -1.97. The number of alkyl halides is 2. The Balaban J connectivity index is 3.28. The Labute approximate surface area is 84.4 Å². The van der Waals surface area contributed by atoms with Gasteiger partial charge in [-0.25, -0.2) is 13.8 Å². The standard InChI is InChI=1S/C6H4Br2F2N2/c7-3-1-2(11)4(8)5(12-3)6(9)10/h1,6H,(H2,11,12). The number of nitrogens with zero attached hydrogens (tertiary/aromatic N) is 1. The van der Waals surface area contributed by atoms with Gasteiger partial charge in [-0.3, -0.25) is 0 Å². The highest BCUT2D eigenvalue weighted by molar-refractivity contribution is 9.11. The predicted octanol–water partition coefficient (Wildman–Crippen LogP) is 3.13. The summed E-state index contributed by atoms with van der Waals surface area (Å²) in [4.78, 5) is 3.57. The van der Waals surface area contributed by atoms with Crippen LogP contribution >= 0.6 is 31.9 Å². The molecule has 2 nitrogen and oxygen atoms in total. The van der Waals surface area contributed by atoms with Crippen molar-refractivity contribution in [3.63, 3.8) is 0 Å². The normalized spacial score (nSPS) is 10.8. The molecule has 0 aromatic carbocycles. The largest absolute Gasteiger partial charge is 0.398 e. The van der Waals surface area contributed by atoms with E-state index in [1.165, 1.54) is 6.07 Å². The average molecular weight is 302 g/mol. The van der Waals surface area contributed by atoms with Crippen LogP contribution < -0.4 is 5.73 Å². The summed E-state index contributed by atoms with van der Waals surface area (Å²) < 4.78 is 24.9. The molecule has 12 heavy (non-hydrogen) atoms. The monoisotopic (exact) mass is 300 g/mol. The van der Waals surface area contributed by atoms with Crippen LogP contribution in [-0.4, -0.2) is 4.98 Å². The fourth-order valence-corrected chi connectivity index (χ4v) is 1.49. The summed E-state index contributed by atoms with van der Waals surface area (Å²) in [6.45, 7) is 0. The minimum atomic E-state index is -2.63. The summed E-state index contributed by atoms with van der Waals surface area (Å²) in [7, 11) is 0. The van der Waals surface area contributed by atoms with E-state index in [4.69, 9.17) is 5.73 Å². The molecule has 0 atom stereocenters. The molecule has 0 aliphatic heterocycles. The smallest absolute Gasteiger partial charge is 0.281 e. The molecular formula is C6H4Br2F2N2. The molecule has 1 aromatic heterocycles. The number of nitrogens with two attached hydrogens (primary N) is 1. The van der Waals surface area contributed by atoms with Gasteiger partial charge in [0.05, 0.1) is 10.2 Å². The lowest BCUT2D eigenvalue weighted by atomic mass is 10.3. The Hall–Kier alpha value is -0.230. The first-order valence-corrected chi connectivity index (χ1v) is 4.50. The minimum Gasteiger partial charge on any atom is -0.398 e. The maximum atomic E-state index is 12.2. The van der Waals surface area contributed by atoms with Crippen LogP contribution in [0.25, 0.3) is 0 Å². The Kier molecular flexibility index (Phi) is 3.00. The van der Waals surface area contributed by atoms with Gasteiger partial charge in [-0.2, -0.15) is 0 Å². The summed E-state index contributed by atoms with van der Waals surface area (Å²) >= 11 is 5.90. The first-order chi connectivity index (χ1) is 5.52. The number of halogens is 4. The molecule has 0 radical (unpaired) electrons. The lowest BCUT2D eigenvalue weighted by molar-refractivity contribution is 0.145. The van der Waals surface area contributed by atoms with Gasteiger partial charge >= 0.3 is 0 Å². The van der Waals surface area contributed by atoms with Gasteiger partial charge in [0.1, 0.15) is 10.3 Å². The first-order valence-electron chi connectivity index (χ1n) is 2.92. The van der Waals surface area contributed by atoms with Crippen molar-refractivity contribution >= 4 is 37.5 Å². The second-order valence-electron chi connectivity index (χ2n) is 2.03. The van der Waals surface area contributed by atoms with Gasteiger partial charge < -0.3 is 5.73 Å². The van der Waals surface area contributed by atoms with E-state index in [0.29, 0.717) is 4.60 Å². The van der Waals surface area contributed by atoms with Crippen LogP contribution in [-0.2, 0) is 0 Å². The van der Waals surface area contributed by atoms with Crippen molar-refractivity contribution in [1.82, 2.24) is 4.98 Å². The first kappa shape index (κ1) is 9.85. The van der Waals surface area contributed by atoms with Crippen molar-refractivity contribution in [3.8, 4) is 0 Å². The van der Waals surface area contributed by atoms with E-state index in [1.807, 2.05) is 0 Å². The van der Waals surface area contributed by atoms with Gasteiger partial charge in [0, 0.05) is 0 Å². The number of pyridine rings is 1. The van der Waals surface area contributed by atoms with E-state index in [0.717, 1.165) is 0 Å². The Bertz CT molecular complexity index is 304. The van der Waals surface area contributed by atoms with Crippen LogP contribution in [0.5, 0.6) is 0 Å². The molecule has 6 heteroatoms. The molecule has 66 valence electrons. The summed E-state index contributed by atoms with van der Waals surface area (Å²) in [5, 5.41) is 0. The maximum Gasteiger partial charge on any atom is 0.281 e. The zero-order chi connectivity index (χ0) is 9.30. The van der Waals surface area contributed by atoms with Crippen LogP contribution in [0.3, 0.4) is 0 Å². The van der Waals surface area contributed by atoms with Gasteiger partial charge in [0.15, 0.2) is 0 Å².